The molecular weight excluding hydrogens is 416 g/mol. The van der Waals surface area contributed by atoms with Gasteiger partial charge in [0.15, 0.2) is 0 Å². The van der Waals surface area contributed by atoms with Gasteiger partial charge in [-0.2, -0.15) is 0 Å². The summed E-state index contributed by atoms with van der Waals surface area (Å²) >= 11 is 0. The molecule has 0 radical (unpaired) electrons. The van der Waals surface area contributed by atoms with Crippen LogP contribution in [0.4, 0.5) is 0 Å². The Morgan fingerprint density at radius 2 is 0.467 bits per heavy atom. The van der Waals surface area contributed by atoms with Crippen LogP contribution >= 0.6 is 0 Å². The van der Waals surface area contributed by atoms with Gasteiger partial charge in [0.25, 0.3) is 0 Å². The number of rotatable bonds is 14. The van der Waals surface area contributed by atoms with Gasteiger partial charge in [-0.05, 0) is 83.1 Å². The normalized spacial score (nSPS) is 13.4. The van der Waals surface area contributed by atoms with Gasteiger partial charge in [-0.1, -0.05) is 20.8 Å². The summed E-state index contributed by atoms with van der Waals surface area (Å²) in [7, 11) is -6.47. The predicted molar refractivity (Wildman–Crippen MR) is 130 cm³/mol. The average molecular weight is 469 g/mol. The molecule has 0 heterocycles. The molecule has 0 aliphatic rings. The zero-order valence-electron chi connectivity index (χ0n) is 22.5. The molecule has 0 rings (SSSR count). The largest absolute Gasteiger partial charge is 0.509 e. The summed E-state index contributed by atoms with van der Waals surface area (Å²) in [6.07, 6.45) is -0.359. The molecule has 0 aliphatic heterocycles. The number of hydrogen-bond acceptors (Lipinski definition) is 6. The molecule has 0 spiro atoms. The van der Waals surface area contributed by atoms with Gasteiger partial charge < -0.3 is 26.6 Å². The molecule has 0 atom stereocenters. The van der Waals surface area contributed by atoms with Crippen molar-refractivity contribution in [1.82, 2.24) is 0 Å². The molecule has 0 fully saturated rings. The maximum Gasteiger partial charge on any atom is 0.509 e. The van der Waals surface area contributed by atoms with E-state index >= 15 is 0 Å². The Morgan fingerprint density at radius 1 is 0.333 bits per heavy atom. The SMILES string of the molecule is CC.CC(C)O[Si](OC(C)C)(OC(C)C)C(C)[Si](OC(C)C)(OC(C)C)OC(C)C. The zero-order chi connectivity index (χ0) is 24.3. The second-order valence-corrected chi connectivity index (χ2v) is 15.1. The van der Waals surface area contributed by atoms with E-state index in [0.29, 0.717) is 0 Å². The van der Waals surface area contributed by atoms with Crippen molar-refractivity contribution in [1.29, 1.82) is 0 Å². The molecule has 184 valence electrons. The minimum atomic E-state index is -3.24. The van der Waals surface area contributed by atoms with Gasteiger partial charge in [0.2, 0.25) is 0 Å². The van der Waals surface area contributed by atoms with E-state index in [-0.39, 0.29) is 41.8 Å². The Kier molecular flexibility index (Phi) is 16.3. The highest BCUT2D eigenvalue weighted by molar-refractivity contribution is 6.82. The second-order valence-electron chi connectivity index (χ2n) is 8.93. The van der Waals surface area contributed by atoms with Crippen LogP contribution in [0.3, 0.4) is 0 Å². The van der Waals surface area contributed by atoms with Gasteiger partial charge in [-0.25, -0.2) is 0 Å². The van der Waals surface area contributed by atoms with Crippen LogP contribution in [0.5, 0.6) is 0 Å². The van der Waals surface area contributed by atoms with E-state index in [1.54, 1.807) is 0 Å². The van der Waals surface area contributed by atoms with Gasteiger partial charge in [-0.15, -0.1) is 0 Å². The Balaban J connectivity index is 0. The summed E-state index contributed by atoms with van der Waals surface area (Å²) < 4.78 is 38.8. The fourth-order valence-electron chi connectivity index (χ4n) is 2.97. The fraction of sp³-hybridized carbons (Fsp3) is 1.00. The van der Waals surface area contributed by atoms with Crippen LogP contribution < -0.4 is 0 Å². The molecule has 0 saturated carbocycles. The third kappa shape index (κ3) is 11.7. The molecule has 6 nitrogen and oxygen atoms in total. The molecule has 0 aromatic carbocycles. The van der Waals surface area contributed by atoms with Crippen LogP contribution in [0.15, 0.2) is 0 Å². The lowest BCUT2D eigenvalue weighted by molar-refractivity contribution is -0.0278. The standard InChI is InChI=1S/C20H46O6Si2.C2H6/c1-14(2)21-27(22-15(3)4,23-16(5)6)20(13)28(24-17(7)8,25-18(9)10)26-19(11)12;1-2/h14-20H,1-13H3;1-2H3. The first-order valence-corrected chi connectivity index (χ1v) is 15.3. The van der Waals surface area contributed by atoms with E-state index in [9.17, 15) is 0 Å². The lowest BCUT2D eigenvalue weighted by Crippen LogP contribution is -2.66. The Hall–Kier alpha value is 0.194. The zero-order valence-corrected chi connectivity index (χ0v) is 24.5. The van der Waals surface area contributed by atoms with Crippen molar-refractivity contribution in [2.45, 2.75) is 146 Å². The highest BCUT2D eigenvalue weighted by Crippen LogP contribution is 2.40. The first kappa shape index (κ1) is 32.4. The summed E-state index contributed by atoms with van der Waals surface area (Å²) in [4.78, 5) is 0. The highest BCUT2D eigenvalue weighted by atomic mass is 28.5. The van der Waals surface area contributed by atoms with Crippen molar-refractivity contribution in [3.63, 3.8) is 0 Å². The molecule has 0 aromatic rings. The summed E-state index contributed by atoms with van der Waals surface area (Å²) in [6, 6.07) is 0. The second kappa shape index (κ2) is 15.1. The lowest BCUT2D eigenvalue weighted by atomic mass is 10.5. The minimum Gasteiger partial charge on any atom is -0.371 e. The summed E-state index contributed by atoms with van der Waals surface area (Å²) in [5, 5.41) is -0.278. The molecule has 30 heavy (non-hydrogen) atoms. The van der Waals surface area contributed by atoms with E-state index < -0.39 is 17.6 Å². The number of hydrogen-bond donors (Lipinski definition) is 0. The van der Waals surface area contributed by atoms with Crippen LogP contribution in [0.25, 0.3) is 0 Å². The van der Waals surface area contributed by atoms with Gasteiger partial charge in [0.1, 0.15) is 0 Å². The van der Waals surface area contributed by atoms with Crippen LogP contribution in [0.2, 0.25) is 5.16 Å². The van der Waals surface area contributed by atoms with E-state index in [1.165, 1.54) is 0 Å². The first-order chi connectivity index (χ1) is 13.7. The van der Waals surface area contributed by atoms with Crippen molar-refractivity contribution in [2.24, 2.45) is 0 Å². The van der Waals surface area contributed by atoms with Gasteiger partial charge in [0, 0.05) is 36.6 Å². The van der Waals surface area contributed by atoms with Crippen LogP contribution in [0, 0.1) is 0 Å². The molecule has 8 heteroatoms. The van der Waals surface area contributed by atoms with E-state index in [1.807, 2.05) is 96.9 Å². The quantitative estimate of drug-likeness (QED) is 0.276. The third-order valence-corrected chi connectivity index (χ3v) is 12.5. The predicted octanol–water partition coefficient (Wildman–Crippen LogP) is 6.37. The van der Waals surface area contributed by atoms with Crippen molar-refractivity contribution in [3.05, 3.63) is 0 Å². The van der Waals surface area contributed by atoms with Crippen molar-refractivity contribution >= 4 is 17.6 Å². The van der Waals surface area contributed by atoms with Gasteiger partial charge >= 0.3 is 17.6 Å². The first-order valence-electron chi connectivity index (χ1n) is 11.7. The topological polar surface area (TPSA) is 55.4 Å². The van der Waals surface area contributed by atoms with Crippen LogP contribution in [-0.4, -0.2) is 54.2 Å². The third-order valence-electron chi connectivity index (χ3n) is 3.46. The minimum absolute atomic E-state index is 0.0598. The van der Waals surface area contributed by atoms with Gasteiger partial charge in [-0.3, -0.25) is 0 Å². The maximum absolute atomic E-state index is 6.46. The Bertz CT molecular complexity index is 337. The Morgan fingerprint density at radius 3 is 0.567 bits per heavy atom. The summed E-state index contributed by atoms with van der Waals surface area (Å²) in [5.74, 6) is 0. The summed E-state index contributed by atoms with van der Waals surface area (Å²) in [5.41, 5.74) is 0. The van der Waals surface area contributed by atoms with Crippen molar-refractivity contribution < 1.29 is 26.6 Å². The lowest BCUT2D eigenvalue weighted by Gasteiger charge is -2.45. The smallest absolute Gasteiger partial charge is 0.371 e. The fourth-order valence-corrected chi connectivity index (χ4v) is 11.4. The van der Waals surface area contributed by atoms with E-state index in [0.717, 1.165) is 0 Å². The van der Waals surface area contributed by atoms with Crippen LogP contribution in [0.1, 0.15) is 104 Å². The monoisotopic (exact) mass is 468 g/mol. The van der Waals surface area contributed by atoms with Crippen molar-refractivity contribution in [3.8, 4) is 0 Å². The van der Waals surface area contributed by atoms with Gasteiger partial charge in [0.05, 0.1) is 5.16 Å². The highest BCUT2D eigenvalue weighted by Gasteiger charge is 2.65. The molecule has 0 saturated heterocycles. The molecule has 0 aromatic heterocycles. The molecule has 0 unspecified atom stereocenters. The van der Waals surface area contributed by atoms with Crippen LogP contribution in [-0.2, 0) is 26.6 Å². The molecule has 0 N–H and O–H groups in total. The maximum atomic E-state index is 6.46. The van der Waals surface area contributed by atoms with Crippen molar-refractivity contribution in [2.75, 3.05) is 0 Å². The average Bonchev–Trinajstić information content (AvgIpc) is 2.51. The van der Waals surface area contributed by atoms with E-state index in [2.05, 4.69) is 6.92 Å². The summed E-state index contributed by atoms with van der Waals surface area (Å²) in [6.45, 7) is 30.1. The molecule has 0 bridgehead atoms. The molecule has 0 amide bonds. The van der Waals surface area contributed by atoms with E-state index in [4.69, 9.17) is 26.6 Å². The molecular formula is C22H52O6Si2. The molecule has 0 aliphatic carbocycles. The Labute approximate surface area is 190 Å².